The summed E-state index contributed by atoms with van der Waals surface area (Å²) in [6.07, 6.45) is 3.71. The van der Waals surface area contributed by atoms with E-state index in [2.05, 4.69) is 23.3 Å². The second kappa shape index (κ2) is 6.55. The van der Waals surface area contributed by atoms with Crippen LogP contribution in [0.15, 0.2) is 36.7 Å². The summed E-state index contributed by atoms with van der Waals surface area (Å²) in [6.45, 7) is 3.85. The molecule has 0 spiro atoms. The van der Waals surface area contributed by atoms with Gasteiger partial charge in [0.05, 0.1) is 12.1 Å². The van der Waals surface area contributed by atoms with Gasteiger partial charge in [-0.2, -0.15) is 0 Å². The monoisotopic (exact) mass is 276 g/mol. The van der Waals surface area contributed by atoms with Crippen molar-refractivity contribution in [2.24, 2.45) is 0 Å². The highest BCUT2D eigenvalue weighted by Crippen LogP contribution is 2.30. The third-order valence-electron chi connectivity index (χ3n) is 2.86. The average Bonchev–Trinajstić information content (AvgIpc) is 2.45. The van der Waals surface area contributed by atoms with Gasteiger partial charge in [-0.3, -0.25) is 4.98 Å². The lowest BCUT2D eigenvalue weighted by Gasteiger charge is -2.08. The van der Waals surface area contributed by atoms with E-state index in [1.807, 2.05) is 30.6 Å². The van der Waals surface area contributed by atoms with E-state index in [9.17, 15) is 0 Å². The van der Waals surface area contributed by atoms with Crippen molar-refractivity contribution in [3.63, 3.8) is 0 Å². The Labute approximate surface area is 118 Å². The highest BCUT2D eigenvalue weighted by molar-refractivity contribution is 6.32. The molecule has 0 radical (unpaired) electrons. The number of hydrogen-bond donors (Lipinski definition) is 1. The van der Waals surface area contributed by atoms with E-state index in [4.69, 9.17) is 16.3 Å². The molecule has 3 nitrogen and oxygen atoms in total. The average molecular weight is 277 g/mol. The standard InChI is InChI=1S/C15H17ClN2O/c1-3-17-8-11-6-13(10-18-9-11)12-4-5-15(19-2)14(16)7-12/h4-7,9-10,17H,3,8H2,1-2H3. The highest BCUT2D eigenvalue weighted by atomic mass is 35.5. The molecule has 0 saturated carbocycles. The van der Waals surface area contributed by atoms with Gasteiger partial charge in [-0.1, -0.05) is 24.6 Å². The fourth-order valence-electron chi connectivity index (χ4n) is 1.86. The van der Waals surface area contributed by atoms with Crippen molar-refractivity contribution >= 4 is 11.6 Å². The van der Waals surface area contributed by atoms with Crippen LogP contribution >= 0.6 is 11.6 Å². The SMILES string of the molecule is CCNCc1cncc(-c2ccc(OC)c(Cl)c2)c1. The van der Waals surface area contributed by atoms with Gasteiger partial charge in [0, 0.05) is 24.5 Å². The summed E-state index contributed by atoms with van der Waals surface area (Å²) in [5.41, 5.74) is 3.25. The number of halogens is 1. The number of rotatable bonds is 5. The van der Waals surface area contributed by atoms with Gasteiger partial charge in [-0.15, -0.1) is 0 Å². The molecule has 0 atom stereocenters. The molecule has 0 bridgehead atoms. The fraction of sp³-hybridized carbons (Fsp3) is 0.267. The number of ether oxygens (including phenoxy) is 1. The third kappa shape index (κ3) is 3.46. The number of hydrogen-bond acceptors (Lipinski definition) is 3. The maximum atomic E-state index is 6.15. The lowest BCUT2D eigenvalue weighted by Crippen LogP contribution is -2.11. The summed E-state index contributed by atoms with van der Waals surface area (Å²) in [7, 11) is 1.61. The number of pyridine rings is 1. The van der Waals surface area contributed by atoms with Gasteiger partial charge in [0.2, 0.25) is 0 Å². The minimum Gasteiger partial charge on any atom is -0.495 e. The van der Waals surface area contributed by atoms with Crippen LogP contribution in [0.25, 0.3) is 11.1 Å². The zero-order valence-corrected chi connectivity index (χ0v) is 11.9. The fourth-order valence-corrected chi connectivity index (χ4v) is 2.12. The van der Waals surface area contributed by atoms with Crippen molar-refractivity contribution in [1.29, 1.82) is 0 Å². The summed E-state index contributed by atoms with van der Waals surface area (Å²) in [4.78, 5) is 4.27. The molecule has 0 aliphatic carbocycles. The number of methoxy groups -OCH3 is 1. The van der Waals surface area contributed by atoms with E-state index in [-0.39, 0.29) is 0 Å². The Kier molecular flexibility index (Phi) is 4.77. The van der Waals surface area contributed by atoms with Crippen LogP contribution in [0.2, 0.25) is 5.02 Å². The Hall–Kier alpha value is -1.58. The lowest BCUT2D eigenvalue weighted by molar-refractivity contribution is 0.415. The quantitative estimate of drug-likeness (QED) is 0.907. The van der Waals surface area contributed by atoms with Gasteiger partial charge in [0.25, 0.3) is 0 Å². The topological polar surface area (TPSA) is 34.2 Å². The molecular weight excluding hydrogens is 260 g/mol. The van der Waals surface area contributed by atoms with Crippen LogP contribution < -0.4 is 10.1 Å². The molecule has 19 heavy (non-hydrogen) atoms. The molecule has 0 saturated heterocycles. The Morgan fingerprint density at radius 1 is 1.21 bits per heavy atom. The Morgan fingerprint density at radius 3 is 2.74 bits per heavy atom. The largest absolute Gasteiger partial charge is 0.495 e. The van der Waals surface area contributed by atoms with Crippen LogP contribution in [0.4, 0.5) is 0 Å². The molecule has 0 aliphatic rings. The van der Waals surface area contributed by atoms with Gasteiger partial charge < -0.3 is 10.1 Å². The van der Waals surface area contributed by atoms with Crippen LogP contribution in [-0.4, -0.2) is 18.6 Å². The molecule has 0 fully saturated rings. The smallest absolute Gasteiger partial charge is 0.137 e. The third-order valence-corrected chi connectivity index (χ3v) is 3.15. The summed E-state index contributed by atoms with van der Waals surface area (Å²) in [5, 5.41) is 3.90. The van der Waals surface area contributed by atoms with Gasteiger partial charge in [0.1, 0.15) is 5.75 Å². The molecular formula is C15H17ClN2O. The second-order valence-electron chi connectivity index (χ2n) is 4.21. The van der Waals surface area contributed by atoms with Gasteiger partial charge in [-0.05, 0) is 35.9 Å². The first-order valence-corrected chi connectivity index (χ1v) is 6.61. The molecule has 2 rings (SSSR count). The zero-order chi connectivity index (χ0) is 13.7. The van der Waals surface area contributed by atoms with Crippen LogP contribution in [0, 0.1) is 0 Å². The van der Waals surface area contributed by atoms with E-state index in [0.717, 1.165) is 29.8 Å². The number of benzene rings is 1. The zero-order valence-electron chi connectivity index (χ0n) is 11.1. The minimum atomic E-state index is 0.608. The minimum absolute atomic E-state index is 0.608. The van der Waals surface area contributed by atoms with E-state index in [0.29, 0.717) is 10.8 Å². The Balaban J connectivity index is 2.28. The van der Waals surface area contributed by atoms with Crippen LogP contribution in [0.1, 0.15) is 12.5 Å². The van der Waals surface area contributed by atoms with Crippen molar-refractivity contribution in [3.05, 3.63) is 47.2 Å². The Morgan fingerprint density at radius 2 is 2.05 bits per heavy atom. The van der Waals surface area contributed by atoms with Crippen molar-refractivity contribution in [3.8, 4) is 16.9 Å². The number of nitrogens with zero attached hydrogens (tertiary/aromatic N) is 1. The van der Waals surface area contributed by atoms with E-state index in [1.54, 1.807) is 7.11 Å². The molecule has 0 aliphatic heterocycles. The lowest BCUT2D eigenvalue weighted by atomic mass is 10.1. The number of aromatic nitrogens is 1. The molecule has 1 N–H and O–H groups in total. The van der Waals surface area contributed by atoms with Crippen molar-refractivity contribution in [1.82, 2.24) is 10.3 Å². The summed E-state index contributed by atoms with van der Waals surface area (Å²) in [5.74, 6) is 0.683. The first kappa shape index (κ1) is 13.8. The van der Waals surface area contributed by atoms with Crippen LogP contribution in [0.3, 0.4) is 0 Å². The molecule has 4 heteroatoms. The maximum absolute atomic E-state index is 6.15. The second-order valence-corrected chi connectivity index (χ2v) is 4.62. The summed E-state index contributed by atoms with van der Waals surface area (Å²) < 4.78 is 5.16. The predicted molar refractivity (Wildman–Crippen MR) is 78.6 cm³/mol. The normalized spacial score (nSPS) is 10.5. The van der Waals surface area contributed by atoms with Crippen molar-refractivity contribution in [2.45, 2.75) is 13.5 Å². The highest BCUT2D eigenvalue weighted by Gasteiger charge is 2.05. The predicted octanol–water partition coefficient (Wildman–Crippen LogP) is 3.52. The van der Waals surface area contributed by atoms with Crippen molar-refractivity contribution in [2.75, 3.05) is 13.7 Å². The van der Waals surface area contributed by atoms with Gasteiger partial charge >= 0.3 is 0 Å². The molecule has 2 aromatic rings. The van der Waals surface area contributed by atoms with Crippen molar-refractivity contribution < 1.29 is 4.74 Å². The first-order chi connectivity index (χ1) is 9.24. The summed E-state index contributed by atoms with van der Waals surface area (Å²) in [6, 6.07) is 7.87. The van der Waals surface area contributed by atoms with Crippen LogP contribution in [0.5, 0.6) is 5.75 Å². The molecule has 1 aromatic heterocycles. The molecule has 1 aromatic carbocycles. The summed E-state index contributed by atoms with van der Waals surface area (Å²) >= 11 is 6.15. The molecule has 0 amide bonds. The van der Waals surface area contributed by atoms with Gasteiger partial charge in [0.15, 0.2) is 0 Å². The first-order valence-electron chi connectivity index (χ1n) is 6.23. The van der Waals surface area contributed by atoms with Gasteiger partial charge in [-0.25, -0.2) is 0 Å². The van der Waals surface area contributed by atoms with Crippen LogP contribution in [-0.2, 0) is 6.54 Å². The maximum Gasteiger partial charge on any atom is 0.137 e. The number of nitrogens with one attached hydrogen (secondary N) is 1. The molecule has 100 valence electrons. The van der Waals surface area contributed by atoms with E-state index in [1.165, 1.54) is 0 Å². The Bertz CT molecular complexity index is 558. The molecule has 1 heterocycles. The van der Waals surface area contributed by atoms with E-state index >= 15 is 0 Å². The van der Waals surface area contributed by atoms with E-state index < -0.39 is 0 Å². The molecule has 0 unspecified atom stereocenters.